The van der Waals surface area contributed by atoms with E-state index in [2.05, 4.69) is 43.3 Å². The van der Waals surface area contributed by atoms with Gasteiger partial charge in [0.25, 0.3) is 0 Å². The van der Waals surface area contributed by atoms with E-state index in [0.717, 1.165) is 35.6 Å². The topological polar surface area (TPSA) is 32.7 Å². The van der Waals surface area contributed by atoms with E-state index in [-0.39, 0.29) is 5.92 Å². The Kier molecular flexibility index (Phi) is 5.72. The summed E-state index contributed by atoms with van der Waals surface area (Å²) < 4.78 is 5.37. The van der Waals surface area contributed by atoms with E-state index < -0.39 is 5.60 Å². The monoisotopic (exact) mass is 357 g/mol. The second kappa shape index (κ2) is 7.81. The molecule has 0 saturated heterocycles. The van der Waals surface area contributed by atoms with E-state index in [1.165, 1.54) is 4.90 Å². The normalized spacial score (nSPS) is 23.2. The largest absolute Gasteiger partial charge is 0.497 e. The van der Waals surface area contributed by atoms with Gasteiger partial charge in [0.15, 0.2) is 0 Å². The third-order valence-electron chi connectivity index (χ3n) is 4.95. The molecule has 25 heavy (non-hydrogen) atoms. The van der Waals surface area contributed by atoms with Crippen molar-refractivity contribution in [1.82, 2.24) is 4.90 Å². The first-order valence-electron chi connectivity index (χ1n) is 8.75. The van der Waals surface area contributed by atoms with Gasteiger partial charge in [0, 0.05) is 23.8 Å². The van der Waals surface area contributed by atoms with Gasteiger partial charge < -0.3 is 14.7 Å². The zero-order valence-corrected chi connectivity index (χ0v) is 16.1. The number of hydrogen-bond acceptors (Lipinski definition) is 4. The lowest BCUT2D eigenvalue weighted by Gasteiger charge is -2.38. The third kappa shape index (κ3) is 4.02. The first kappa shape index (κ1) is 18.3. The van der Waals surface area contributed by atoms with Gasteiger partial charge >= 0.3 is 0 Å². The van der Waals surface area contributed by atoms with E-state index in [9.17, 15) is 5.11 Å². The molecule has 1 heterocycles. The summed E-state index contributed by atoms with van der Waals surface area (Å²) in [6.07, 6.45) is 1.60. The number of thioether (sulfide) groups is 1. The van der Waals surface area contributed by atoms with Gasteiger partial charge in [0.2, 0.25) is 0 Å². The smallest absolute Gasteiger partial charge is 0.119 e. The first-order chi connectivity index (χ1) is 12.0. The van der Waals surface area contributed by atoms with Crippen LogP contribution in [0.5, 0.6) is 5.75 Å². The molecule has 1 N–H and O–H groups in total. The van der Waals surface area contributed by atoms with Crippen molar-refractivity contribution in [2.75, 3.05) is 33.5 Å². The fourth-order valence-electron chi connectivity index (χ4n) is 3.74. The average molecular weight is 358 g/mol. The fraction of sp³-hybridized carbons (Fsp3) is 0.429. The summed E-state index contributed by atoms with van der Waals surface area (Å²) in [7, 11) is 5.84. The molecule has 3 nitrogen and oxygen atoms in total. The van der Waals surface area contributed by atoms with Crippen LogP contribution < -0.4 is 4.74 Å². The zero-order valence-electron chi connectivity index (χ0n) is 15.2. The van der Waals surface area contributed by atoms with Crippen LogP contribution in [0.25, 0.3) is 0 Å². The van der Waals surface area contributed by atoms with Crippen molar-refractivity contribution in [1.29, 1.82) is 0 Å². The second-order valence-corrected chi connectivity index (χ2v) is 8.18. The van der Waals surface area contributed by atoms with Crippen molar-refractivity contribution in [3.05, 3.63) is 59.7 Å². The lowest BCUT2D eigenvalue weighted by molar-refractivity contribution is -0.0353. The van der Waals surface area contributed by atoms with Crippen molar-refractivity contribution >= 4 is 11.8 Å². The van der Waals surface area contributed by atoms with Gasteiger partial charge in [-0.25, -0.2) is 0 Å². The number of fused-ring (bicyclic) bond motifs is 1. The lowest BCUT2D eigenvalue weighted by atomic mass is 9.75. The molecule has 1 aliphatic rings. The molecule has 1 aliphatic heterocycles. The minimum atomic E-state index is -0.878. The Morgan fingerprint density at radius 3 is 2.76 bits per heavy atom. The minimum Gasteiger partial charge on any atom is -0.497 e. The minimum absolute atomic E-state index is 0.185. The Balaban J connectivity index is 2.03. The van der Waals surface area contributed by atoms with E-state index in [4.69, 9.17) is 4.74 Å². The Labute approximate surface area is 155 Å². The Hall–Kier alpha value is -1.49. The summed E-state index contributed by atoms with van der Waals surface area (Å²) in [4.78, 5) is 3.38. The highest BCUT2D eigenvalue weighted by Gasteiger charge is 2.41. The van der Waals surface area contributed by atoms with Gasteiger partial charge in [-0.2, -0.15) is 0 Å². The van der Waals surface area contributed by atoms with Crippen molar-refractivity contribution in [3.63, 3.8) is 0 Å². The fourth-order valence-corrected chi connectivity index (χ4v) is 4.93. The third-order valence-corrected chi connectivity index (χ3v) is 6.05. The maximum Gasteiger partial charge on any atom is 0.119 e. The van der Waals surface area contributed by atoms with Gasteiger partial charge in [-0.05, 0) is 55.6 Å². The van der Waals surface area contributed by atoms with E-state index >= 15 is 0 Å². The van der Waals surface area contributed by atoms with Crippen LogP contribution in [0.15, 0.2) is 53.4 Å². The number of aliphatic hydroxyl groups is 1. The number of nitrogens with zero attached hydrogens (tertiary/aromatic N) is 1. The van der Waals surface area contributed by atoms with Crippen LogP contribution in [-0.2, 0) is 12.0 Å². The Morgan fingerprint density at radius 2 is 2.00 bits per heavy atom. The molecule has 4 heteroatoms. The number of methoxy groups -OCH3 is 1. The molecule has 0 aromatic heterocycles. The van der Waals surface area contributed by atoms with E-state index in [0.29, 0.717) is 6.42 Å². The van der Waals surface area contributed by atoms with E-state index in [1.807, 2.05) is 36.0 Å². The highest BCUT2D eigenvalue weighted by atomic mass is 32.2. The van der Waals surface area contributed by atoms with Crippen LogP contribution in [-0.4, -0.2) is 43.5 Å². The van der Waals surface area contributed by atoms with E-state index in [1.54, 1.807) is 7.11 Å². The predicted molar refractivity (Wildman–Crippen MR) is 104 cm³/mol. The van der Waals surface area contributed by atoms with Crippen LogP contribution in [0.2, 0.25) is 0 Å². The summed E-state index contributed by atoms with van der Waals surface area (Å²) in [5.74, 6) is 2.06. The van der Waals surface area contributed by atoms with Gasteiger partial charge in [-0.1, -0.05) is 30.3 Å². The van der Waals surface area contributed by atoms with Crippen molar-refractivity contribution < 1.29 is 9.84 Å². The molecular weight excluding hydrogens is 330 g/mol. The quantitative estimate of drug-likeness (QED) is 0.882. The summed E-state index contributed by atoms with van der Waals surface area (Å²) in [6, 6.07) is 16.4. The van der Waals surface area contributed by atoms with Crippen molar-refractivity contribution in [2.45, 2.75) is 23.3 Å². The van der Waals surface area contributed by atoms with Crippen LogP contribution >= 0.6 is 11.8 Å². The van der Waals surface area contributed by atoms with Gasteiger partial charge in [0.1, 0.15) is 5.75 Å². The summed E-state index contributed by atoms with van der Waals surface area (Å²) >= 11 is 1.86. The molecule has 134 valence electrons. The average Bonchev–Trinajstić information content (AvgIpc) is 2.73. The SMILES string of the molecule is COc1cccc(CC2(O)c3ccccc3SCCC2CN(C)C)c1. The Morgan fingerprint density at radius 1 is 1.20 bits per heavy atom. The molecule has 2 atom stereocenters. The van der Waals surface area contributed by atoms with Crippen molar-refractivity contribution in [2.24, 2.45) is 5.92 Å². The molecule has 0 saturated carbocycles. The molecule has 2 unspecified atom stereocenters. The highest BCUT2D eigenvalue weighted by Crippen LogP contribution is 2.44. The molecular formula is C21H27NO2S. The second-order valence-electron chi connectivity index (χ2n) is 7.05. The highest BCUT2D eigenvalue weighted by molar-refractivity contribution is 7.99. The summed E-state index contributed by atoms with van der Waals surface area (Å²) in [6.45, 7) is 0.870. The summed E-state index contributed by atoms with van der Waals surface area (Å²) in [5.41, 5.74) is 1.29. The molecule has 0 spiro atoms. The summed E-state index contributed by atoms with van der Waals surface area (Å²) in [5, 5.41) is 11.9. The molecule has 2 aromatic rings. The zero-order chi connectivity index (χ0) is 17.9. The molecule has 0 amide bonds. The number of rotatable bonds is 5. The predicted octanol–water partition coefficient (Wildman–Crippen LogP) is 3.80. The molecule has 2 aromatic carbocycles. The molecule has 0 radical (unpaired) electrons. The molecule has 0 aliphatic carbocycles. The maximum absolute atomic E-state index is 11.9. The standard InChI is InChI=1S/C21H27NO2S/c1-22(2)15-17-11-12-25-20-10-5-4-9-19(20)21(17,23)14-16-7-6-8-18(13-16)24-3/h4-10,13,17,23H,11-12,14-15H2,1-3H3. The van der Waals surface area contributed by atoms with Gasteiger partial charge in [0.05, 0.1) is 12.7 Å². The first-order valence-corrected chi connectivity index (χ1v) is 9.74. The number of benzene rings is 2. The lowest BCUT2D eigenvalue weighted by Crippen LogP contribution is -2.42. The van der Waals surface area contributed by atoms with Crippen LogP contribution in [0.1, 0.15) is 17.5 Å². The number of hydrogen-bond donors (Lipinski definition) is 1. The van der Waals surface area contributed by atoms with Crippen LogP contribution in [0, 0.1) is 5.92 Å². The number of ether oxygens (including phenoxy) is 1. The van der Waals surface area contributed by atoms with Gasteiger partial charge in [-0.15, -0.1) is 11.8 Å². The van der Waals surface area contributed by atoms with Crippen LogP contribution in [0.4, 0.5) is 0 Å². The van der Waals surface area contributed by atoms with Crippen molar-refractivity contribution in [3.8, 4) is 5.75 Å². The Bertz CT molecular complexity index is 719. The van der Waals surface area contributed by atoms with Crippen LogP contribution in [0.3, 0.4) is 0 Å². The molecule has 0 bridgehead atoms. The maximum atomic E-state index is 11.9. The molecule has 3 rings (SSSR count). The molecule has 0 fully saturated rings. The van der Waals surface area contributed by atoms with Gasteiger partial charge in [-0.3, -0.25) is 0 Å².